The Morgan fingerprint density at radius 3 is 2.48 bits per heavy atom. The molecule has 0 spiro atoms. The van der Waals surface area contributed by atoms with Crippen LogP contribution in [0.15, 0.2) is 48.0 Å². The zero-order valence-electron chi connectivity index (χ0n) is 16.4. The van der Waals surface area contributed by atoms with Gasteiger partial charge in [-0.05, 0) is 30.2 Å². The standard InChI is InChI=1S/C22H22ClNO5/c1-13-11-15(21(29-3)16(23)12-13)19(25)17-18(14-7-5-4-6-8-14)24(9-10-28-2)22(27)20(17)26/h4-8,11-12,18,25H,9-10H2,1-3H3/b19-17+. The van der Waals surface area contributed by atoms with E-state index in [2.05, 4.69) is 0 Å². The van der Waals surface area contributed by atoms with Crippen molar-refractivity contribution in [3.05, 3.63) is 69.8 Å². The quantitative estimate of drug-likeness (QED) is 0.442. The number of amides is 1. The lowest BCUT2D eigenvalue weighted by Crippen LogP contribution is -2.32. The molecule has 0 radical (unpaired) electrons. The summed E-state index contributed by atoms with van der Waals surface area (Å²) in [5, 5.41) is 11.5. The normalized spacial score (nSPS) is 18.3. The molecule has 1 aliphatic heterocycles. The maximum atomic E-state index is 12.9. The van der Waals surface area contributed by atoms with Crippen LogP contribution in [0.25, 0.3) is 5.76 Å². The monoisotopic (exact) mass is 415 g/mol. The number of nitrogens with zero attached hydrogens (tertiary/aromatic N) is 1. The molecule has 7 heteroatoms. The number of likely N-dealkylation sites (tertiary alicyclic amines) is 1. The molecule has 0 aromatic heterocycles. The van der Waals surface area contributed by atoms with Gasteiger partial charge in [-0.25, -0.2) is 0 Å². The number of ketones is 1. The van der Waals surface area contributed by atoms with E-state index in [9.17, 15) is 14.7 Å². The molecule has 3 rings (SSSR count). The number of hydrogen-bond donors (Lipinski definition) is 1. The lowest BCUT2D eigenvalue weighted by Gasteiger charge is -2.25. The Labute approximate surface area is 174 Å². The number of aryl methyl sites for hydroxylation is 1. The molecule has 0 aliphatic carbocycles. The second-order valence-corrected chi connectivity index (χ2v) is 7.13. The van der Waals surface area contributed by atoms with Crippen molar-refractivity contribution >= 4 is 29.1 Å². The summed E-state index contributed by atoms with van der Waals surface area (Å²) >= 11 is 6.26. The second kappa shape index (κ2) is 8.68. The SMILES string of the molecule is COCCN1C(=O)C(=O)/C(=C(/O)c2cc(C)cc(Cl)c2OC)C1c1ccccc1. The molecule has 0 saturated carbocycles. The fraction of sp³-hybridized carbons (Fsp3) is 0.273. The van der Waals surface area contributed by atoms with E-state index in [-0.39, 0.29) is 35.8 Å². The molecule has 1 saturated heterocycles. The van der Waals surface area contributed by atoms with Gasteiger partial charge in [0.05, 0.1) is 35.9 Å². The molecule has 29 heavy (non-hydrogen) atoms. The smallest absolute Gasteiger partial charge is 0.295 e. The first-order chi connectivity index (χ1) is 13.9. The van der Waals surface area contributed by atoms with E-state index in [0.29, 0.717) is 10.6 Å². The highest BCUT2D eigenvalue weighted by atomic mass is 35.5. The highest BCUT2D eigenvalue weighted by molar-refractivity contribution is 6.46. The van der Waals surface area contributed by atoms with Crippen LogP contribution in [0.1, 0.15) is 22.7 Å². The van der Waals surface area contributed by atoms with Crippen molar-refractivity contribution in [2.75, 3.05) is 27.4 Å². The molecule has 1 fully saturated rings. The van der Waals surface area contributed by atoms with E-state index in [1.807, 2.05) is 37.3 Å². The lowest BCUT2D eigenvalue weighted by molar-refractivity contribution is -0.140. The number of carbonyl (C=O) groups excluding carboxylic acids is 2. The summed E-state index contributed by atoms with van der Waals surface area (Å²) in [4.78, 5) is 27.1. The third kappa shape index (κ3) is 3.86. The molecule has 1 aliphatic rings. The largest absolute Gasteiger partial charge is 0.507 e. The van der Waals surface area contributed by atoms with Gasteiger partial charge in [-0.1, -0.05) is 41.9 Å². The third-order valence-electron chi connectivity index (χ3n) is 4.84. The molecule has 1 atom stereocenters. The molecule has 2 aromatic rings. The first kappa shape index (κ1) is 20.9. The minimum atomic E-state index is -0.757. The summed E-state index contributed by atoms with van der Waals surface area (Å²) in [5.74, 6) is -1.52. The number of aliphatic hydroxyl groups excluding tert-OH is 1. The van der Waals surface area contributed by atoms with Crippen LogP contribution in [0, 0.1) is 6.92 Å². The van der Waals surface area contributed by atoms with E-state index < -0.39 is 17.7 Å². The second-order valence-electron chi connectivity index (χ2n) is 6.72. The number of ether oxygens (including phenoxy) is 2. The average Bonchev–Trinajstić information content (AvgIpc) is 2.96. The van der Waals surface area contributed by atoms with Gasteiger partial charge in [-0.3, -0.25) is 9.59 Å². The van der Waals surface area contributed by atoms with Crippen molar-refractivity contribution in [2.45, 2.75) is 13.0 Å². The number of Topliss-reactive ketones (excluding diaryl/α,β-unsaturated/α-hetero) is 1. The highest BCUT2D eigenvalue weighted by Gasteiger charge is 2.46. The maximum Gasteiger partial charge on any atom is 0.295 e. The predicted octanol–water partition coefficient (Wildman–Crippen LogP) is 3.73. The van der Waals surface area contributed by atoms with Crippen molar-refractivity contribution in [3.8, 4) is 5.75 Å². The van der Waals surface area contributed by atoms with Gasteiger partial charge < -0.3 is 19.5 Å². The number of halogens is 1. The third-order valence-corrected chi connectivity index (χ3v) is 5.12. The van der Waals surface area contributed by atoms with Crippen LogP contribution < -0.4 is 4.74 Å². The number of benzene rings is 2. The summed E-state index contributed by atoms with van der Waals surface area (Å²) in [6, 6.07) is 11.7. The first-order valence-electron chi connectivity index (χ1n) is 9.07. The Morgan fingerprint density at radius 2 is 1.86 bits per heavy atom. The van der Waals surface area contributed by atoms with Gasteiger partial charge in [0.25, 0.3) is 11.7 Å². The van der Waals surface area contributed by atoms with Crippen LogP contribution >= 0.6 is 11.6 Å². The predicted molar refractivity (Wildman–Crippen MR) is 110 cm³/mol. The van der Waals surface area contributed by atoms with Crippen molar-refractivity contribution in [1.29, 1.82) is 0 Å². The first-order valence-corrected chi connectivity index (χ1v) is 9.45. The summed E-state index contributed by atoms with van der Waals surface area (Å²) in [6.45, 7) is 2.28. The van der Waals surface area contributed by atoms with E-state index in [0.717, 1.165) is 5.56 Å². The van der Waals surface area contributed by atoms with Crippen LogP contribution in [-0.2, 0) is 14.3 Å². The Balaban J connectivity index is 2.24. The van der Waals surface area contributed by atoms with Gasteiger partial charge in [-0.15, -0.1) is 0 Å². The minimum absolute atomic E-state index is 0.00253. The number of hydrogen-bond acceptors (Lipinski definition) is 5. The summed E-state index contributed by atoms with van der Waals surface area (Å²) in [6.07, 6.45) is 0. The molecule has 152 valence electrons. The zero-order chi connectivity index (χ0) is 21.1. The van der Waals surface area contributed by atoms with Gasteiger partial charge >= 0.3 is 0 Å². The Bertz CT molecular complexity index is 971. The van der Waals surface area contributed by atoms with Crippen molar-refractivity contribution in [3.63, 3.8) is 0 Å². The molecule has 1 unspecified atom stereocenters. The minimum Gasteiger partial charge on any atom is -0.507 e. The zero-order valence-corrected chi connectivity index (χ0v) is 17.2. The van der Waals surface area contributed by atoms with Gasteiger partial charge in [0, 0.05) is 13.7 Å². The van der Waals surface area contributed by atoms with Crippen LogP contribution in [0.4, 0.5) is 0 Å². The number of aliphatic hydroxyl groups is 1. The molecular formula is C22H22ClNO5. The summed E-state index contributed by atoms with van der Waals surface area (Å²) < 4.78 is 10.4. The molecule has 6 nitrogen and oxygen atoms in total. The number of methoxy groups -OCH3 is 2. The van der Waals surface area contributed by atoms with Crippen molar-refractivity contribution < 1.29 is 24.2 Å². The Hall–Kier alpha value is -2.83. The van der Waals surface area contributed by atoms with Crippen LogP contribution in [0.2, 0.25) is 5.02 Å². The van der Waals surface area contributed by atoms with Crippen LogP contribution in [-0.4, -0.2) is 49.1 Å². The molecule has 0 bridgehead atoms. The van der Waals surface area contributed by atoms with Crippen LogP contribution in [0.3, 0.4) is 0 Å². The van der Waals surface area contributed by atoms with E-state index in [4.69, 9.17) is 21.1 Å². The number of carbonyl (C=O) groups is 2. The van der Waals surface area contributed by atoms with E-state index >= 15 is 0 Å². The molecule has 1 N–H and O–H groups in total. The molecule has 2 aromatic carbocycles. The fourth-order valence-electron chi connectivity index (χ4n) is 3.54. The molecular weight excluding hydrogens is 394 g/mol. The topological polar surface area (TPSA) is 76.1 Å². The highest BCUT2D eigenvalue weighted by Crippen LogP contribution is 2.42. The maximum absolute atomic E-state index is 12.9. The number of rotatable bonds is 6. The van der Waals surface area contributed by atoms with E-state index in [1.54, 1.807) is 12.1 Å². The van der Waals surface area contributed by atoms with Gasteiger partial charge in [0.15, 0.2) is 0 Å². The average molecular weight is 416 g/mol. The fourth-order valence-corrected chi connectivity index (χ4v) is 3.89. The van der Waals surface area contributed by atoms with Crippen molar-refractivity contribution in [1.82, 2.24) is 4.90 Å². The van der Waals surface area contributed by atoms with Gasteiger partial charge in [-0.2, -0.15) is 0 Å². The summed E-state index contributed by atoms with van der Waals surface area (Å²) in [5.41, 5.74) is 1.75. The van der Waals surface area contributed by atoms with E-state index in [1.165, 1.54) is 19.1 Å². The molecule has 1 heterocycles. The van der Waals surface area contributed by atoms with Gasteiger partial charge in [0.2, 0.25) is 0 Å². The summed E-state index contributed by atoms with van der Waals surface area (Å²) in [7, 11) is 2.95. The lowest BCUT2D eigenvalue weighted by atomic mass is 9.94. The van der Waals surface area contributed by atoms with Crippen molar-refractivity contribution in [2.24, 2.45) is 0 Å². The Kier molecular flexibility index (Phi) is 6.25. The Morgan fingerprint density at radius 1 is 1.17 bits per heavy atom. The van der Waals surface area contributed by atoms with Crippen LogP contribution in [0.5, 0.6) is 5.75 Å². The van der Waals surface area contributed by atoms with Gasteiger partial charge in [0.1, 0.15) is 11.5 Å². The molecule has 1 amide bonds.